The number of aliphatic hydroxyl groups is 1. The maximum absolute atomic E-state index is 11.3. The molecule has 148 heavy (non-hydrogen) atoms. The molecular weight excluding hydrogens is 1920 g/mol. The van der Waals surface area contributed by atoms with E-state index in [1.54, 1.807) is 34.1 Å². The first kappa shape index (κ1) is 105. The van der Waals surface area contributed by atoms with Gasteiger partial charge in [0.2, 0.25) is 0 Å². The van der Waals surface area contributed by atoms with E-state index in [1.807, 2.05) is 23.5 Å². The molecule has 25 nitrogen and oxygen atoms in total. The van der Waals surface area contributed by atoms with Crippen molar-refractivity contribution in [1.82, 2.24) is 0 Å². The van der Waals surface area contributed by atoms with Crippen LogP contribution < -0.4 is 0 Å². The number of fused-ring (bicyclic) bond motifs is 56. The van der Waals surface area contributed by atoms with Gasteiger partial charge >= 0.3 is 47.8 Å². The Bertz CT molecular complexity index is 4870. The maximum atomic E-state index is 11.3. The fourth-order valence-corrected chi connectivity index (χ4v) is 42.1. The van der Waals surface area contributed by atoms with Gasteiger partial charge in [-0.25, -0.2) is 38.4 Å². The Morgan fingerprint density at radius 1 is 0.297 bits per heavy atom. The summed E-state index contributed by atoms with van der Waals surface area (Å²) in [5.41, 5.74) is 0.940. The Labute approximate surface area is 884 Å². The Morgan fingerprint density at radius 2 is 0.601 bits per heavy atom. The van der Waals surface area contributed by atoms with E-state index in [0.29, 0.717) is 161 Å². The van der Waals surface area contributed by atoms with Crippen LogP contribution in [0.5, 0.6) is 0 Å². The van der Waals surface area contributed by atoms with E-state index in [-0.39, 0.29) is 60.0 Å². The molecule has 32 rings (SSSR count). The molecule has 0 aromatic rings. The highest BCUT2D eigenvalue weighted by atomic mass is 32.2. The summed E-state index contributed by atoms with van der Waals surface area (Å²) < 4.78 is 85.5. The molecule has 0 aromatic heterocycles. The van der Waals surface area contributed by atoms with Crippen LogP contribution in [0.25, 0.3) is 0 Å². The average Bonchev–Trinajstić information content (AvgIpc) is 1.55. The summed E-state index contributed by atoms with van der Waals surface area (Å²) >= 11 is 4.03. The lowest BCUT2D eigenvalue weighted by Gasteiger charge is -2.32. The van der Waals surface area contributed by atoms with E-state index in [1.165, 1.54) is 172 Å². The molecule has 24 aliphatic carbocycles. The number of hydrogen-bond acceptors (Lipinski definition) is 27. The monoisotopic (exact) mass is 2080 g/mol. The highest BCUT2D eigenvalue weighted by Gasteiger charge is 2.74. The molecule has 56 atom stereocenters. The van der Waals surface area contributed by atoms with E-state index in [4.69, 9.17) is 66.3 Å². The van der Waals surface area contributed by atoms with Crippen LogP contribution in [-0.4, -0.2) is 231 Å². The van der Waals surface area contributed by atoms with Crippen molar-refractivity contribution in [3.63, 3.8) is 0 Å². The zero-order valence-electron chi connectivity index (χ0n) is 88.0. The lowest BCUT2D eigenvalue weighted by atomic mass is 9.74. The van der Waals surface area contributed by atoms with Gasteiger partial charge < -0.3 is 80.9 Å². The van der Waals surface area contributed by atoms with Crippen molar-refractivity contribution in [3.05, 3.63) is 100 Å². The molecular formula is C121H166O25S2. The van der Waals surface area contributed by atoms with Crippen molar-refractivity contribution < 1.29 is 119 Å². The van der Waals surface area contributed by atoms with Crippen LogP contribution in [0.1, 0.15) is 208 Å². The maximum Gasteiger partial charge on any atom is 0.333 e. The third-order valence-corrected chi connectivity index (χ3v) is 47.2. The van der Waals surface area contributed by atoms with Gasteiger partial charge in [0.05, 0.1) is 137 Å². The molecule has 0 spiro atoms. The zero-order valence-corrected chi connectivity index (χ0v) is 89.6. The SMILES string of the molecule is C=C(C)C(=O)OCC.C=C(C)C(=O)OCCSC1CC2CC1C1CC3OC3C21.C=CC(=O)OC1CC2CC1C1CC3OC3C21.C=CC(=O)OCC.C=CC(=O)OCC1CC2CC1C1CC3OC3C21.C=CC(=O)OCCC1CC2CC1C1CC3OC3C21.C=CC(=O)OCCCC1CC2CC1C1CC3OC3C21.C=CC(=O)OCCSC1CC2CC1C1CC3OC3C21.CC1CC2CC1C1CC3OC3C21.OC1CC2CC1C1CC3OC3C21. The summed E-state index contributed by atoms with van der Waals surface area (Å²) in [7, 11) is 0. The minimum atomic E-state index is -0.359. The highest BCUT2D eigenvalue weighted by Crippen LogP contribution is 2.74. The van der Waals surface area contributed by atoms with Gasteiger partial charge in [-0.2, -0.15) is 23.5 Å². The molecule has 56 unspecified atom stereocenters. The number of carbonyl (C=O) groups is 8. The molecule has 0 aromatic carbocycles. The van der Waals surface area contributed by atoms with Crippen molar-refractivity contribution >= 4 is 71.3 Å². The molecule has 812 valence electrons. The van der Waals surface area contributed by atoms with Crippen molar-refractivity contribution in [2.45, 2.75) is 328 Å². The van der Waals surface area contributed by atoms with Gasteiger partial charge in [0.25, 0.3) is 0 Å². The Hall–Kier alpha value is -5.98. The summed E-state index contributed by atoms with van der Waals surface area (Å²) in [6.07, 6.45) is 52.8. The van der Waals surface area contributed by atoms with Crippen LogP contribution in [-0.2, 0) is 114 Å². The van der Waals surface area contributed by atoms with Gasteiger partial charge in [-0.15, -0.1) is 0 Å². The highest BCUT2D eigenvalue weighted by molar-refractivity contribution is 8.00. The summed E-state index contributed by atoms with van der Waals surface area (Å²) in [6.45, 7) is 40.2. The van der Waals surface area contributed by atoms with E-state index >= 15 is 0 Å². The van der Waals surface area contributed by atoms with Gasteiger partial charge in [-0.3, -0.25) is 0 Å². The fraction of sp³-hybridized carbons (Fsp3) is 0.802. The van der Waals surface area contributed by atoms with Gasteiger partial charge in [-0.1, -0.05) is 59.6 Å². The minimum Gasteiger partial charge on any atom is -0.463 e. The molecule has 0 amide bonds. The third kappa shape index (κ3) is 20.9. The van der Waals surface area contributed by atoms with Crippen molar-refractivity contribution in [1.29, 1.82) is 0 Å². The summed E-state index contributed by atoms with van der Waals surface area (Å²) in [5.74, 6) is 31.1. The number of thioether (sulfide) groups is 2. The van der Waals surface area contributed by atoms with Crippen molar-refractivity contribution in [2.75, 3.05) is 57.8 Å². The number of hydrogen-bond donors (Lipinski definition) is 1. The van der Waals surface area contributed by atoms with Gasteiger partial charge in [0.15, 0.2) is 0 Å². The zero-order chi connectivity index (χ0) is 103. The van der Waals surface area contributed by atoms with Crippen LogP contribution in [0.15, 0.2) is 100 Å². The van der Waals surface area contributed by atoms with Gasteiger partial charge in [0, 0.05) is 69.6 Å². The van der Waals surface area contributed by atoms with Crippen LogP contribution in [0, 0.1) is 213 Å². The lowest BCUT2D eigenvalue weighted by molar-refractivity contribution is -0.147. The number of rotatable bonds is 28. The molecule has 32 fully saturated rings. The first-order valence-electron chi connectivity index (χ1n) is 58.3. The Morgan fingerprint density at radius 3 is 1.01 bits per heavy atom. The topological polar surface area (TPSA) is 331 Å². The van der Waals surface area contributed by atoms with E-state index in [0.717, 1.165) is 261 Å². The number of esters is 8. The molecule has 8 aliphatic heterocycles. The number of aliphatic hydroxyl groups excluding tert-OH is 1. The summed E-state index contributed by atoms with van der Waals surface area (Å²) in [4.78, 5) is 87.1. The molecule has 32 aliphatic rings. The first-order chi connectivity index (χ1) is 71.7. The normalized spacial score (nSPS) is 49.5. The molecule has 1 N–H and O–H groups in total. The number of epoxide rings is 8. The molecule has 8 heterocycles. The Balaban J connectivity index is 0.0000000915. The molecule has 27 heteroatoms. The minimum absolute atomic E-state index is 0.0359. The smallest absolute Gasteiger partial charge is 0.333 e. The molecule has 0 radical (unpaired) electrons. The number of carbonyl (C=O) groups excluding carboxylic acids is 8. The van der Waals surface area contributed by atoms with Crippen molar-refractivity contribution in [2.24, 2.45) is 213 Å². The van der Waals surface area contributed by atoms with E-state index < -0.39 is 0 Å². The number of ether oxygens (including phenoxy) is 16. The van der Waals surface area contributed by atoms with Crippen LogP contribution in [0.4, 0.5) is 0 Å². The van der Waals surface area contributed by atoms with E-state index in [9.17, 15) is 43.5 Å². The average molecular weight is 2080 g/mol. The largest absolute Gasteiger partial charge is 0.463 e. The lowest BCUT2D eigenvalue weighted by Crippen LogP contribution is -2.34. The quantitative estimate of drug-likeness (QED) is 0.0250. The predicted molar refractivity (Wildman–Crippen MR) is 553 cm³/mol. The van der Waals surface area contributed by atoms with Gasteiger partial charge in [0.1, 0.15) is 19.3 Å². The van der Waals surface area contributed by atoms with Crippen LogP contribution in [0.2, 0.25) is 0 Å². The second-order valence-corrected chi connectivity index (χ2v) is 53.9. The fourth-order valence-electron chi connectivity index (χ4n) is 39.3. The van der Waals surface area contributed by atoms with Gasteiger partial charge in [-0.05, 0) is 414 Å². The molecule has 16 bridgehead atoms. The standard InChI is InChI=1S/C16H22O3S.C16H22O3.C15H20O3S.C15H20O3.C14H18O3.C13H16O3.C11H16O.C10H14O2.C6H10O2.C5H8O2/c1-8(2)16(17)18-3-4-20-13-6-9-5-10(13)11-7-12-15(19-12)14(9)11;1-2-14(17)18-5-3-4-9-6-10-7-11(9)12-8-13-16(19-13)15(10)12;1-2-13(16)17-3-4-19-12-6-8-5-9(12)10-7-11-15(18-11)14(8)10;1-2-13(16)17-4-3-8-5-9-6-10(8)11-7-12-15(18-12)14(9)11;1-2-12(15)16-6-8-3-7-4-9(8)10-5-11-14(17-11)13(7)10;1-2-11(14)15-9-4-6-3-7(9)8-5-10-13(16-10)12(6)8;1-5-2-6-3-7(5)8-4-9-11(12-9)10(6)8;11-7-2-4-1-5(7)6-3-8-10(12-8)9(4)6;1-4-8-6(7)5(2)3;1-3-5(6)7-4-2/h9-15H,1,3-7H2,2H3;2,9-13,15-16H,1,3-8H2;2,8-12,14-15H,1,3-7H2;2,8-12,14-15H,1,3-7H2;2,7-11,13-14H,1,3-6H2;2,6-10,12-13H,1,3-5H2;5-11H,2-4H2,1H3;4-11H,1-3H2;2,4H2,1,3H3;3H,1,4H2,2H3. The second kappa shape index (κ2) is 43.5. The molecule has 8 saturated heterocycles. The van der Waals surface area contributed by atoms with Crippen molar-refractivity contribution in [3.8, 4) is 0 Å². The summed E-state index contributed by atoms with van der Waals surface area (Å²) in [5, 5.41) is 11.3. The summed E-state index contributed by atoms with van der Waals surface area (Å²) in [6, 6.07) is 0. The Kier molecular flexibility index (Phi) is 30.9. The molecule has 24 saturated carbocycles. The third-order valence-electron chi connectivity index (χ3n) is 44.4. The van der Waals surface area contributed by atoms with Crippen LogP contribution in [0.3, 0.4) is 0 Å². The first-order valence-corrected chi connectivity index (χ1v) is 60.4. The van der Waals surface area contributed by atoms with Crippen LogP contribution >= 0.6 is 23.5 Å². The second-order valence-electron chi connectivity index (χ2n) is 51.2. The van der Waals surface area contributed by atoms with E-state index in [2.05, 4.69) is 69.0 Å². The predicted octanol–water partition coefficient (Wildman–Crippen LogP) is 17.7.